The highest BCUT2D eigenvalue weighted by molar-refractivity contribution is 7.12. The van der Waals surface area contributed by atoms with Crippen molar-refractivity contribution in [3.8, 4) is 11.5 Å². The van der Waals surface area contributed by atoms with Crippen LogP contribution in [0.4, 0.5) is 0 Å². The average Bonchev–Trinajstić information content (AvgIpc) is 2.96. The Balaban J connectivity index is 1.88. The van der Waals surface area contributed by atoms with Crippen LogP contribution in [0, 0.1) is 0 Å². The first kappa shape index (κ1) is 13.5. The standard InChI is InChI=1S/C16H18O3S/c1-3-11-5-7-16(20-11)15-9-13(17)12-8-10(18-2)4-6-14(12)19-15/h4-8,13,15,17H,3,9H2,1-2H3. The van der Waals surface area contributed by atoms with Gasteiger partial charge in [0.25, 0.3) is 0 Å². The normalized spacial score (nSPS) is 21.1. The average molecular weight is 290 g/mol. The quantitative estimate of drug-likeness (QED) is 0.932. The van der Waals surface area contributed by atoms with Gasteiger partial charge >= 0.3 is 0 Å². The minimum Gasteiger partial charge on any atom is -0.497 e. The summed E-state index contributed by atoms with van der Waals surface area (Å²) in [5, 5.41) is 10.3. The van der Waals surface area contributed by atoms with E-state index >= 15 is 0 Å². The van der Waals surface area contributed by atoms with Gasteiger partial charge in [-0.2, -0.15) is 0 Å². The summed E-state index contributed by atoms with van der Waals surface area (Å²) in [5.74, 6) is 1.50. The molecule has 2 unspecified atom stereocenters. The highest BCUT2D eigenvalue weighted by Gasteiger charge is 2.29. The lowest BCUT2D eigenvalue weighted by atomic mass is 9.98. The predicted octanol–water partition coefficient (Wildman–Crippen LogP) is 3.88. The van der Waals surface area contributed by atoms with Crippen LogP contribution in [-0.2, 0) is 6.42 Å². The van der Waals surface area contributed by atoms with Crippen molar-refractivity contribution >= 4 is 11.3 Å². The topological polar surface area (TPSA) is 38.7 Å². The Bertz CT molecular complexity index is 606. The van der Waals surface area contributed by atoms with Crippen molar-refractivity contribution in [2.75, 3.05) is 7.11 Å². The van der Waals surface area contributed by atoms with Gasteiger partial charge in [0.05, 0.1) is 13.2 Å². The second-order valence-corrected chi connectivity index (χ2v) is 6.12. The molecule has 2 aromatic rings. The fourth-order valence-corrected chi connectivity index (χ4v) is 3.48. The number of methoxy groups -OCH3 is 1. The predicted molar refractivity (Wildman–Crippen MR) is 79.6 cm³/mol. The van der Waals surface area contributed by atoms with Gasteiger partial charge in [-0.25, -0.2) is 0 Å². The SMILES string of the molecule is CCc1ccc(C2CC(O)c3cc(OC)ccc3O2)s1. The smallest absolute Gasteiger partial charge is 0.136 e. The number of thiophene rings is 1. The Morgan fingerprint density at radius 1 is 1.35 bits per heavy atom. The van der Waals surface area contributed by atoms with E-state index < -0.39 is 6.10 Å². The Hall–Kier alpha value is -1.52. The molecule has 1 aliphatic heterocycles. The zero-order valence-electron chi connectivity index (χ0n) is 11.6. The molecule has 1 aromatic carbocycles. The molecule has 0 saturated carbocycles. The molecule has 3 nitrogen and oxygen atoms in total. The van der Waals surface area contributed by atoms with Gasteiger partial charge < -0.3 is 14.6 Å². The molecule has 2 atom stereocenters. The van der Waals surface area contributed by atoms with E-state index in [1.165, 1.54) is 9.75 Å². The Kier molecular flexibility index (Phi) is 3.68. The zero-order chi connectivity index (χ0) is 14.1. The zero-order valence-corrected chi connectivity index (χ0v) is 12.4. The maximum atomic E-state index is 10.3. The van der Waals surface area contributed by atoms with Crippen LogP contribution in [0.2, 0.25) is 0 Å². The van der Waals surface area contributed by atoms with Gasteiger partial charge in [-0.15, -0.1) is 11.3 Å². The number of ether oxygens (including phenoxy) is 2. The lowest BCUT2D eigenvalue weighted by Crippen LogP contribution is -2.18. The fraction of sp³-hybridized carbons (Fsp3) is 0.375. The summed E-state index contributed by atoms with van der Waals surface area (Å²) in [6.07, 6.45) is 1.06. The molecule has 3 rings (SSSR count). The largest absolute Gasteiger partial charge is 0.497 e. The molecule has 4 heteroatoms. The fourth-order valence-electron chi connectivity index (χ4n) is 2.48. The molecule has 0 bridgehead atoms. The molecular weight excluding hydrogens is 272 g/mol. The van der Waals surface area contributed by atoms with E-state index in [4.69, 9.17) is 9.47 Å². The third kappa shape index (κ3) is 2.41. The number of fused-ring (bicyclic) bond motifs is 1. The summed E-state index contributed by atoms with van der Waals surface area (Å²) in [6, 6.07) is 9.83. The first-order chi connectivity index (χ1) is 9.71. The number of aryl methyl sites for hydroxylation is 1. The van der Waals surface area contributed by atoms with E-state index in [2.05, 4.69) is 19.1 Å². The Morgan fingerprint density at radius 2 is 2.20 bits per heavy atom. The lowest BCUT2D eigenvalue weighted by molar-refractivity contribution is 0.0671. The molecule has 0 fully saturated rings. The van der Waals surface area contributed by atoms with Crippen LogP contribution in [-0.4, -0.2) is 12.2 Å². The summed E-state index contributed by atoms with van der Waals surface area (Å²) < 4.78 is 11.2. The van der Waals surface area contributed by atoms with Gasteiger partial charge in [0.15, 0.2) is 0 Å². The van der Waals surface area contributed by atoms with Crippen molar-refractivity contribution in [3.63, 3.8) is 0 Å². The molecule has 0 radical (unpaired) electrons. The van der Waals surface area contributed by atoms with E-state index in [1.54, 1.807) is 18.4 Å². The molecule has 2 heterocycles. The summed E-state index contributed by atoms with van der Waals surface area (Å²) in [5.41, 5.74) is 0.813. The first-order valence-electron chi connectivity index (χ1n) is 6.82. The molecule has 0 aliphatic carbocycles. The van der Waals surface area contributed by atoms with Crippen molar-refractivity contribution in [2.45, 2.75) is 32.0 Å². The molecule has 0 spiro atoms. The van der Waals surface area contributed by atoms with Crippen LogP contribution in [0.25, 0.3) is 0 Å². The number of aliphatic hydroxyl groups is 1. The van der Waals surface area contributed by atoms with E-state index in [9.17, 15) is 5.11 Å². The minimum absolute atomic E-state index is 0.0591. The summed E-state index contributed by atoms with van der Waals surface area (Å²) in [6.45, 7) is 2.15. The Morgan fingerprint density at radius 3 is 2.90 bits per heavy atom. The number of hydrogen-bond donors (Lipinski definition) is 1. The summed E-state index contributed by atoms with van der Waals surface area (Å²) >= 11 is 1.76. The minimum atomic E-state index is -0.508. The first-order valence-corrected chi connectivity index (χ1v) is 7.64. The molecule has 1 aliphatic rings. The molecule has 0 amide bonds. The van der Waals surface area contributed by atoms with E-state index in [0.717, 1.165) is 23.5 Å². The van der Waals surface area contributed by atoms with E-state index in [1.807, 2.05) is 18.2 Å². The monoisotopic (exact) mass is 290 g/mol. The van der Waals surface area contributed by atoms with E-state index in [0.29, 0.717) is 6.42 Å². The molecule has 20 heavy (non-hydrogen) atoms. The third-order valence-corrected chi connectivity index (χ3v) is 4.95. The lowest BCUT2D eigenvalue weighted by Gasteiger charge is -2.29. The maximum Gasteiger partial charge on any atom is 0.136 e. The highest BCUT2D eigenvalue weighted by Crippen LogP contribution is 2.43. The molecule has 0 saturated heterocycles. The Labute approximate surface area is 122 Å². The number of rotatable bonds is 3. The second kappa shape index (κ2) is 5.46. The van der Waals surface area contributed by atoms with Crippen molar-refractivity contribution < 1.29 is 14.6 Å². The van der Waals surface area contributed by atoms with Gasteiger partial charge in [0.2, 0.25) is 0 Å². The summed E-state index contributed by atoms with van der Waals surface area (Å²) in [7, 11) is 1.62. The molecule has 1 aromatic heterocycles. The molecule has 106 valence electrons. The van der Waals surface area contributed by atoms with E-state index in [-0.39, 0.29) is 6.10 Å². The van der Waals surface area contributed by atoms with Crippen LogP contribution in [0.1, 0.15) is 40.9 Å². The molecule has 1 N–H and O–H groups in total. The van der Waals surface area contributed by atoms with Gasteiger partial charge in [-0.3, -0.25) is 0 Å². The third-order valence-electron chi connectivity index (χ3n) is 3.63. The number of hydrogen-bond acceptors (Lipinski definition) is 4. The number of benzene rings is 1. The van der Waals surface area contributed by atoms with Crippen LogP contribution in [0.3, 0.4) is 0 Å². The summed E-state index contributed by atoms with van der Waals surface area (Å²) in [4.78, 5) is 2.53. The second-order valence-electron chi connectivity index (χ2n) is 4.92. The van der Waals surface area contributed by atoms with Crippen molar-refractivity contribution in [1.82, 2.24) is 0 Å². The van der Waals surface area contributed by atoms with Gasteiger partial charge in [-0.05, 0) is 36.8 Å². The van der Waals surface area contributed by atoms with Crippen molar-refractivity contribution in [1.29, 1.82) is 0 Å². The van der Waals surface area contributed by atoms with Crippen LogP contribution < -0.4 is 9.47 Å². The number of aliphatic hydroxyl groups excluding tert-OH is 1. The maximum absolute atomic E-state index is 10.3. The van der Waals surface area contributed by atoms with Gasteiger partial charge in [-0.1, -0.05) is 6.92 Å². The van der Waals surface area contributed by atoms with Gasteiger partial charge in [0.1, 0.15) is 17.6 Å². The van der Waals surface area contributed by atoms with Crippen LogP contribution in [0.5, 0.6) is 11.5 Å². The van der Waals surface area contributed by atoms with Crippen molar-refractivity contribution in [2.24, 2.45) is 0 Å². The molecular formula is C16H18O3S. The highest BCUT2D eigenvalue weighted by atomic mass is 32.1. The van der Waals surface area contributed by atoms with Crippen LogP contribution in [0.15, 0.2) is 30.3 Å². The van der Waals surface area contributed by atoms with Gasteiger partial charge in [0, 0.05) is 21.7 Å². The van der Waals surface area contributed by atoms with Crippen molar-refractivity contribution in [3.05, 3.63) is 45.6 Å². The van der Waals surface area contributed by atoms with Crippen LogP contribution >= 0.6 is 11.3 Å².